The molecule has 17 heavy (non-hydrogen) atoms. The molecule has 0 unspecified atom stereocenters. The molecule has 5 nitrogen and oxygen atoms in total. The number of hydrogen-bond donors (Lipinski definition) is 0. The SMILES string of the molecule is CCc1nnc(-n2ccnc2CC)nc1CC. The quantitative estimate of drug-likeness (QED) is 0.804. The minimum absolute atomic E-state index is 0.619. The maximum atomic E-state index is 4.56. The second kappa shape index (κ2) is 5.03. The van der Waals surface area contributed by atoms with Gasteiger partial charge in [-0.3, -0.25) is 4.57 Å². The van der Waals surface area contributed by atoms with Crippen LogP contribution in [0.15, 0.2) is 12.4 Å². The van der Waals surface area contributed by atoms with Gasteiger partial charge in [0, 0.05) is 18.8 Å². The van der Waals surface area contributed by atoms with Gasteiger partial charge in [-0.15, -0.1) is 10.2 Å². The van der Waals surface area contributed by atoms with Crippen LogP contribution in [0, 0.1) is 0 Å². The van der Waals surface area contributed by atoms with E-state index < -0.39 is 0 Å². The minimum atomic E-state index is 0.619. The van der Waals surface area contributed by atoms with Crippen molar-refractivity contribution in [1.82, 2.24) is 24.7 Å². The molecule has 0 amide bonds. The summed E-state index contributed by atoms with van der Waals surface area (Å²) in [5.41, 5.74) is 2.00. The first-order valence-corrected chi connectivity index (χ1v) is 6.05. The fourth-order valence-electron chi connectivity index (χ4n) is 1.81. The number of aryl methyl sites for hydroxylation is 3. The highest BCUT2D eigenvalue weighted by Crippen LogP contribution is 2.09. The molecule has 0 aromatic carbocycles. The van der Waals surface area contributed by atoms with Gasteiger partial charge in [-0.1, -0.05) is 20.8 Å². The molecular weight excluding hydrogens is 214 g/mol. The summed E-state index contributed by atoms with van der Waals surface area (Å²) in [4.78, 5) is 8.83. The van der Waals surface area contributed by atoms with Crippen molar-refractivity contribution in [2.45, 2.75) is 40.0 Å². The van der Waals surface area contributed by atoms with E-state index in [1.54, 1.807) is 6.20 Å². The fourth-order valence-corrected chi connectivity index (χ4v) is 1.81. The van der Waals surface area contributed by atoms with E-state index in [4.69, 9.17) is 0 Å². The molecule has 0 aliphatic rings. The molecule has 2 heterocycles. The van der Waals surface area contributed by atoms with E-state index in [9.17, 15) is 0 Å². The average Bonchev–Trinajstić information content (AvgIpc) is 2.86. The first-order valence-electron chi connectivity index (χ1n) is 6.05. The summed E-state index contributed by atoms with van der Waals surface area (Å²) in [5, 5.41) is 8.41. The Balaban J connectivity index is 2.46. The Hall–Kier alpha value is -1.78. The van der Waals surface area contributed by atoms with Crippen molar-refractivity contribution in [3.63, 3.8) is 0 Å². The Kier molecular flexibility index (Phi) is 3.46. The van der Waals surface area contributed by atoms with Gasteiger partial charge in [0.1, 0.15) is 5.82 Å². The molecule has 0 aliphatic heterocycles. The largest absolute Gasteiger partial charge is 0.270 e. The maximum Gasteiger partial charge on any atom is 0.255 e. The van der Waals surface area contributed by atoms with Crippen molar-refractivity contribution in [1.29, 1.82) is 0 Å². The molecule has 0 saturated heterocycles. The van der Waals surface area contributed by atoms with E-state index >= 15 is 0 Å². The monoisotopic (exact) mass is 231 g/mol. The van der Waals surface area contributed by atoms with E-state index in [0.29, 0.717) is 5.95 Å². The lowest BCUT2D eigenvalue weighted by atomic mass is 10.2. The van der Waals surface area contributed by atoms with Crippen LogP contribution in [0.25, 0.3) is 5.95 Å². The summed E-state index contributed by atoms with van der Waals surface area (Å²) >= 11 is 0. The van der Waals surface area contributed by atoms with Gasteiger partial charge in [0.25, 0.3) is 5.95 Å². The van der Waals surface area contributed by atoms with Gasteiger partial charge in [-0.25, -0.2) is 9.97 Å². The summed E-state index contributed by atoms with van der Waals surface area (Å²) in [5.74, 6) is 1.58. The predicted octanol–water partition coefficient (Wildman–Crippen LogP) is 1.74. The van der Waals surface area contributed by atoms with Gasteiger partial charge in [-0.05, 0) is 12.8 Å². The molecule has 2 aromatic heterocycles. The standard InChI is InChI=1S/C12H17N5/c1-4-9-10(5-2)15-16-12(14-9)17-8-7-13-11(17)6-3/h7-8H,4-6H2,1-3H3. The van der Waals surface area contributed by atoms with E-state index in [1.807, 2.05) is 10.8 Å². The zero-order valence-corrected chi connectivity index (χ0v) is 10.5. The van der Waals surface area contributed by atoms with Crippen LogP contribution < -0.4 is 0 Å². The molecule has 0 aliphatic carbocycles. The molecule has 0 N–H and O–H groups in total. The molecule has 0 fully saturated rings. The van der Waals surface area contributed by atoms with Gasteiger partial charge in [0.15, 0.2) is 0 Å². The number of rotatable bonds is 4. The summed E-state index contributed by atoms with van der Waals surface area (Å²) in [6, 6.07) is 0. The van der Waals surface area contributed by atoms with Crippen molar-refractivity contribution < 1.29 is 0 Å². The first kappa shape index (κ1) is 11.7. The van der Waals surface area contributed by atoms with Crippen molar-refractivity contribution in [3.05, 3.63) is 29.6 Å². The highest BCUT2D eigenvalue weighted by atomic mass is 15.3. The van der Waals surface area contributed by atoms with Crippen molar-refractivity contribution in [3.8, 4) is 5.95 Å². The first-order chi connectivity index (χ1) is 8.30. The molecule has 0 atom stereocenters. The predicted molar refractivity (Wildman–Crippen MR) is 65.1 cm³/mol. The van der Waals surface area contributed by atoms with Gasteiger partial charge >= 0.3 is 0 Å². The fraction of sp³-hybridized carbons (Fsp3) is 0.500. The Morgan fingerprint density at radius 2 is 1.76 bits per heavy atom. The molecule has 0 saturated carbocycles. The van der Waals surface area contributed by atoms with E-state index in [1.165, 1.54) is 0 Å². The molecule has 2 rings (SSSR count). The molecule has 0 bridgehead atoms. The normalized spacial score (nSPS) is 10.8. The zero-order valence-electron chi connectivity index (χ0n) is 10.5. The third-order valence-electron chi connectivity index (χ3n) is 2.75. The van der Waals surface area contributed by atoms with Crippen LogP contribution in [0.3, 0.4) is 0 Å². The average molecular weight is 231 g/mol. The molecule has 0 spiro atoms. The number of nitrogens with zero attached hydrogens (tertiary/aromatic N) is 5. The summed E-state index contributed by atoms with van der Waals surface area (Å²) in [6.45, 7) is 6.22. The van der Waals surface area contributed by atoms with Crippen molar-refractivity contribution in [2.24, 2.45) is 0 Å². The highest BCUT2D eigenvalue weighted by molar-refractivity contribution is 5.19. The number of hydrogen-bond acceptors (Lipinski definition) is 4. The number of imidazole rings is 1. The Bertz CT molecular complexity index is 503. The van der Waals surface area contributed by atoms with Gasteiger partial charge in [-0.2, -0.15) is 0 Å². The minimum Gasteiger partial charge on any atom is -0.270 e. The van der Waals surface area contributed by atoms with Crippen LogP contribution >= 0.6 is 0 Å². The van der Waals surface area contributed by atoms with Gasteiger partial charge in [0.2, 0.25) is 0 Å². The lowest BCUT2D eigenvalue weighted by Crippen LogP contribution is -2.10. The van der Waals surface area contributed by atoms with Crippen molar-refractivity contribution in [2.75, 3.05) is 0 Å². The maximum absolute atomic E-state index is 4.56. The zero-order chi connectivity index (χ0) is 12.3. The third kappa shape index (κ3) is 2.18. The lowest BCUT2D eigenvalue weighted by Gasteiger charge is -2.07. The number of aromatic nitrogens is 5. The van der Waals surface area contributed by atoms with Crippen LogP contribution in [0.2, 0.25) is 0 Å². The van der Waals surface area contributed by atoms with Crippen LogP contribution in [0.5, 0.6) is 0 Å². The third-order valence-corrected chi connectivity index (χ3v) is 2.75. The van der Waals surface area contributed by atoms with Crippen LogP contribution in [0.1, 0.15) is 38.0 Å². The Labute approximate surface area is 101 Å². The Morgan fingerprint density at radius 3 is 2.41 bits per heavy atom. The summed E-state index contributed by atoms with van der Waals surface area (Å²) < 4.78 is 1.89. The van der Waals surface area contributed by atoms with E-state index in [-0.39, 0.29) is 0 Å². The van der Waals surface area contributed by atoms with Crippen molar-refractivity contribution >= 4 is 0 Å². The molecule has 2 aromatic rings. The van der Waals surface area contributed by atoms with Gasteiger partial charge in [0.05, 0.1) is 11.4 Å². The van der Waals surface area contributed by atoms with Crippen LogP contribution in [-0.4, -0.2) is 24.7 Å². The molecule has 5 heteroatoms. The lowest BCUT2D eigenvalue weighted by molar-refractivity contribution is 0.750. The molecule has 0 radical (unpaired) electrons. The molecule has 90 valence electrons. The molecular formula is C12H17N5. The second-order valence-corrected chi connectivity index (χ2v) is 3.78. The smallest absolute Gasteiger partial charge is 0.255 e. The summed E-state index contributed by atoms with van der Waals surface area (Å²) in [7, 11) is 0. The highest BCUT2D eigenvalue weighted by Gasteiger charge is 2.09. The van der Waals surface area contributed by atoms with Gasteiger partial charge < -0.3 is 0 Å². The Morgan fingerprint density at radius 1 is 1.00 bits per heavy atom. The summed E-state index contributed by atoms with van der Waals surface area (Å²) in [6.07, 6.45) is 6.24. The topological polar surface area (TPSA) is 56.5 Å². The second-order valence-electron chi connectivity index (χ2n) is 3.78. The van der Waals surface area contributed by atoms with E-state index in [2.05, 4.69) is 40.9 Å². The van der Waals surface area contributed by atoms with Crippen LogP contribution in [0.4, 0.5) is 0 Å². The van der Waals surface area contributed by atoms with E-state index in [0.717, 1.165) is 36.5 Å². The van der Waals surface area contributed by atoms with Crippen LogP contribution in [-0.2, 0) is 19.3 Å².